The zero-order valence-electron chi connectivity index (χ0n) is 17.6. The predicted molar refractivity (Wildman–Crippen MR) is 128 cm³/mol. The Kier molecular flexibility index (Phi) is 8.57. The van der Waals surface area contributed by atoms with Gasteiger partial charge < -0.3 is 14.7 Å². The number of ether oxygens (including phenoxy) is 1. The van der Waals surface area contributed by atoms with Gasteiger partial charge in [-0.15, -0.1) is 12.4 Å². The summed E-state index contributed by atoms with van der Waals surface area (Å²) in [6.07, 6.45) is 4.40. The van der Waals surface area contributed by atoms with Crippen LogP contribution in [0.2, 0.25) is 0 Å². The molecule has 0 spiro atoms. The lowest BCUT2D eigenvalue weighted by atomic mass is 9.88. The van der Waals surface area contributed by atoms with E-state index in [9.17, 15) is 5.11 Å². The summed E-state index contributed by atoms with van der Waals surface area (Å²) in [5, 5.41) is 10.1. The van der Waals surface area contributed by atoms with Crippen LogP contribution in [0.25, 0.3) is 11.1 Å². The van der Waals surface area contributed by atoms with Crippen LogP contribution in [-0.2, 0) is 0 Å². The van der Waals surface area contributed by atoms with Crippen molar-refractivity contribution in [1.82, 2.24) is 4.90 Å². The highest BCUT2D eigenvalue weighted by molar-refractivity contribution is 5.98. The molecule has 0 unspecified atom stereocenters. The van der Waals surface area contributed by atoms with Gasteiger partial charge >= 0.3 is 0 Å². The van der Waals surface area contributed by atoms with Crippen LogP contribution in [-0.4, -0.2) is 24.1 Å². The van der Waals surface area contributed by atoms with Crippen LogP contribution in [0.1, 0.15) is 30.0 Å². The average Bonchev–Trinajstić information content (AvgIpc) is 2.73. The summed E-state index contributed by atoms with van der Waals surface area (Å²) in [6, 6.07) is 25.9. The van der Waals surface area contributed by atoms with Gasteiger partial charge in [-0.1, -0.05) is 61.5 Å². The lowest BCUT2D eigenvalue weighted by molar-refractivity contribution is 0.454. The summed E-state index contributed by atoms with van der Waals surface area (Å²) in [7, 11) is 3.90. The summed E-state index contributed by atoms with van der Waals surface area (Å²) in [5.41, 5.74) is 5.61. The molecule has 0 aromatic heterocycles. The number of hydrogen-bond donors (Lipinski definition) is 1. The molecule has 3 rings (SSSR count). The van der Waals surface area contributed by atoms with Crippen molar-refractivity contribution in [2.45, 2.75) is 13.3 Å². The molecule has 0 fully saturated rings. The first-order valence-corrected chi connectivity index (χ1v) is 9.76. The minimum atomic E-state index is 0. The SMILES string of the molecule is CC/C(=C(/c1ccc(OC=CN(C)C)cc1)c1cccc(O)c1)c1ccccc1.Cl. The van der Waals surface area contributed by atoms with Gasteiger partial charge in [-0.05, 0) is 58.5 Å². The molecule has 156 valence electrons. The van der Waals surface area contributed by atoms with Gasteiger partial charge in [0.25, 0.3) is 0 Å². The van der Waals surface area contributed by atoms with Crippen molar-refractivity contribution in [3.8, 4) is 11.5 Å². The average molecular weight is 422 g/mol. The fourth-order valence-electron chi connectivity index (χ4n) is 3.27. The van der Waals surface area contributed by atoms with E-state index in [1.165, 1.54) is 11.1 Å². The van der Waals surface area contributed by atoms with Crippen LogP contribution in [0, 0.1) is 0 Å². The van der Waals surface area contributed by atoms with E-state index in [0.717, 1.165) is 28.9 Å². The molecule has 30 heavy (non-hydrogen) atoms. The van der Waals surface area contributed by atoms with Crippen LogP contribution in [0.3, 0.4) is 0 Å². The number of nitrogens with zero attached hydrogens (tertiary/aromatic N) is 1. The zero-order chi connectivity index (χ0) is 20.6. The van der Waals surface area contributed by atoms with Crippen molar-refractivity contribution in [1.29, 1.82) is 0 Å². The van der Waals surface area contributed by atoms with Crippen LogP contribution in [0.15, 0.2) is 91.3 Å². The largest absolute Gasteiger partial charge is 0.508 e. The smallest absolute Gasteiger partial charge is 0.126 e. The lowest BCUT2D eigenvalue weighted by Crippen LogP contribution is -2.01. The highest BCUT2D eigenvalue weighted by Gasteiger charge is 2.13. The summed E-state index contributed by atoms with van der Waals surface area (Å²) in [5.74, 6) is 1.04. The van der Waals surface area contributed by atoms with Crippen LogP contribution in [0.4, 0.5) is 0 Å². The molecule has 0 amide bonds. The Hall–Kier alpha value is -3.17. The monoisotopic (exact) mass is 421 g/mol. The second-order valence-electron chi connectivity index (χ2n) is 7.01. The number of benzene rings is 3. The second kappa shape index (κ2) is 11.1. The molecule has 3 nitrogen and oxygen atoms in total. The van der Waals surface area contributed by atoms with E-state index < -0.39 is 0 Å². The molecule has 1 N–H and O–H groups in total. The summed E-state index contributed by atoms with van der Waals surface area (Å²) in [6.45, 7) is 2.16. The molecule has 0 bridgehead atoms. The molecule has 0 aliphatic rings. The van der Waals surface area contributed by atoms with Gasteiger partial charge in [-0.25, -0.2) is 0 Å². The Morgan fingerprint density at radius 2 is 1.53 bits per heavy atom. The van der Waals surface area contributed by atoms with Crippen LogP contribution >= 0.6 is 12.4 Å². The van der Waals surface area contributed by atoms with Gasteiger partial charge in [0.05, 0.1) is 0 Å². The highest BCUT2D eigenvalue weighted by atomic mass is 35.5. The van der Waals surface area contributed by atoms with Crippen molar-refractivity contribution >= 4 is 23.6 Å². The number of halogens is 1. The number of allylic oxidation sites excluding steroid dienone is 1. The quantitative estimate of drug-likeness (QED) is 0.344. The highest BCUT2D eigenvalue weighted by Crippen LogP contribution is 2.36. The Labute approximate surface area is 185 Å². The Morgan fingerprint density at radius 1 is 0.867 bits per heavy atom. The predicted octanol–water partition coefficient (Wildman–Crippen LogP) is 6.59. The Balaban J connectivity index is 0.00000320. The minimum Gasteiger partial charge on any atom is -0.508 e. The van der Waals surface area contributed by atoms with Crippen molar-refractivity contribution in [2.24, 2.45) is 0 Å². The number of rotatable bonds is 7. The van der Waals surface area contributed by atoms with Gasteiger partial charge in [-0.3, -0.25) is 0 Å². The van der Waals surface area contributed by atoms with Crippen molar-refractivity contribution in [3.63, 3.8) is 0 Å². The second-order valence-corrected chi connectivity index (χ2v) is 7.01. The molecule has 0 saturated heterocycles. The van der Waals surface area contributed by atoms with E-state index in [1.54, 1.807) is 12.3 Å². The van der Waals surface area contributed by atoms with E-state index in [0.29, 0.717) is 0 Å². The standard InChI is InChI=1S/C26H27NO2.ClH/c1-4-25(20-9-6-5-7-10-20)26(22-11-8-12-23(28)19-22)21-13-15-24(16-14-21)29-18-17-27(2)3;/h5-19,28H,4H2,1-3H3;1H/b18-17?,26-25+;. The number of aromatic hydroxyl groups is 1. The third-order valence-corrected chi connectivity index (χ3v) is 4.62. The van der Waals surface area contributed by atoms with Crippen LogP contribution < -0.4 is 4.74 Å². The number of hydrogen-bond acceptors (Lipinski definition) is 3. The summed E-state index contributed by atoms with van der Waals surface area (Å²) >= 11 is 0. The Morgan fingerprint density at radius 3 is 2.13 bits per heavy atom. The molecule has 4 heteroatoms. The van der Waals surface area contributed by atoms with Crippen LogP contribution in [0.5, 0.6) is 11.5 Å². The van der Waals surface area contributed by atoms with Crippen molar-refractivity contribution < 1.29 is 9.84 Å². The first-order valence-electron chi connectivity index (χ1n) is 9.76. The van der Waals surface area contributed by atoms with Gasteiger partial charge in [0.15, 0.2) is 0 Å². The Bertz CT molecular complexity index is 993. The van der Waals surface area contributed by atoms with Gasteiger partial charge in [0, 0.05) is 20.3 Å². The van der Waals surface area contributed by atoms with E-state index in [1.807, 2.05) is 61.6 Å². The maximum Gasteiger partial charge on any atom is 0.126 e. The van der Waals surface area contributed by atoms with Crippen molar-refractivity contribution in [2.75, 3.05) is 14.1 Å². The van der Waals surface area contributed by atoms with Gasteiger partial charge in [-0.2, -0.15) is 0 Å². The maximum absolute atomic E-state index is 10.1. The molecule has 0 saturated carbocycles. The normalized spacial score (nSPS) is 11.6. The molecule has 0 atom stereocenters. The van der Waals surface area contributed by atoms with E-state index >= 15 is 0 Å². The summed E-state index contributed by atoms with van der Waals surface area (Å²) < 4.78 is 5.67. The van der Waals surface area contributed by atoms with Crippen molar-refractivity contribution in [3.05, 3.63) is 108 Å². The molecule has 0 heterocycles. The van der Waals surface area contributed by atoms with E-state index in [4.69, 9.17) is 4.74 Å². The fourth-order valence-corrected chi connectivity index (χ4v) is 3.27. The zero-order valence-corrected chi connectivity index (χ0v) is 18.4. The fraction of sp³-hybridized carbons (Fsp3) is 0.154. The first kappa shape index (κ1) is 23.1. The molecule has 3 aromatic carbocycles. The van der Waals surface area contributed by atoms with Gasteiger partial charge in [0.1, 0.15) is 17.8 Å². The number of phenolic OH excluding ortho intramolecular Hbond substituents is 1. The minimum absolute atomic E-state index is 0. The molecule has 3 aromatic rings. The maximum atomic E-state index is 10.1. The molecular weight excluding hydrogens is 394 g/mol. The molecule has 0 radical (unpaired) electrons. The van der Waals surface area contributed by atoms with Gasteiger partial charge in [0.2, 0.25) is 0 Å². The third-order valence-electron chi connectivity index (χ3n) is 4.62. The molecule has 0 aliphatic carbocycles. The lowest BCUT2D eigenvalue weighted by Gasteiger charge is -2.17. The topological polar surface area (TPSA) is 32.7 Å². The molecular formula is C26H28ClNO2. The molecule has 0 aliphatic heterocycles. The third kappa shape index (κ3) is 5.91. The number of phenols is 1. The van der Waals surface area contributed by atoms with E-state index in [-0.39, 0.29) is 18.2 Å². The summed E-state index contributed by atoms with van der Waals surface area (Å²) in [4.78, 5) is 1.92. The first-order chi connectivity index (χ1) is 14.1. The van der Waals surface area contributed by atoms with E-state index in [2.05, 4.69) is 43.3 Å².